The predicted octanol–water partition coefficient (Wildman–Crippen LogP) is 5.12. The van der Waals surface area contributed by atoms with Gasteiger partial charge in [0.15, 0.2) is 0 Å². The molecule has 0 atom stereocenters. The molecule has 1 heterocycles. The molecule has 1 saturated heterocycles. The Morgan fingerprint density at radius 2 is 1.34 bits per heavy atom. The molecule has 4 nitrogen and oxygen atoms in total. The fourth-order valence-corrected chi connectivity index (χ4v) is 3.99. The molecule has 0 bridgehead atoms. The fraction of sp³-hybridized carbons (Fsp3) is 0.250. The van der Waals surface area contributed by atoms with Crippen molar-refractivity contribution in [3.05, 3.63) is 121 Å². The van der Waals surface area contributed by atoms with Crippen LogP contribution in [-0.4, -0.2) is 61.3 Å². The zero-order chi connectivity index (χ0) is 22.9. The maximum atomic E-state index is 4.54. The molecule has 32 heavy (non-hydrogen) atoms. The molecule has 2 aromatic rings. The van der Waals surface area contributed by atoms with Crippen LogP contribution < -0.4 is 0 Å². The average molecular weight is 427 g/mol. The lowest BCUT2D eigenvalue weighted by Crippen LogP contribution is -2.45. The Kier molecular flexibility index (Phi) is 8.09. The minimum absolute atomic E-state index is 0.158. The van der Waals surface area contributed by atoms with Crippen LogP contribution in [0.15, 0.2) is 115 Å². The van der Waals surface area contributed by atoms with Crippen molar-refractivity contribution in [2.75, 3.05) is 40.3 Å². The Balaban J connectivity index is 1.65. The molecule has 0 saturated carbocycles. The van der Waals surface area contributed by atoms with Gasteiger partial charge in [0.1, 0.15) is 0 Å². The summed E-state index contributed by atoms with van der Waals surface area (Å²) in [6, 6.07) is 21.3. The minimum atomic E-state index is 0.158. The average Bonchev–Trinajstić information content (AvgIpc) is 2.84. The quantitative estimate of drug-likeness (QED) is 0.316. The van der Waals surface area contributed by atoms with Gasteiger partial charge in [-0.05, 0) is 23.3 Å². The lowest BCUT2D eigenvalue weighted by Gasteiger charge is -2.40. The number of benzene rings is 2. The first-order chi connectivity index (χ1) is 15.5. The van der Waals surface area contributed by atoms with Gasteiger partial charge in [-0.3, -0.25) is 4.99 Å². The van der Waals surface area contributed by atoms with Gasteiger partial charge in [-0.15, -0.1) is 0 Å². The summed E-state index contributed by atoms with van der Waals surface area (Å²) in [6.07, 6.45) is 5.76. The lowest BCUT2D eigenvalue weighted by atomic mass is 9.88. The third-order valence-electron chi connectivity index (χ3n) is 5.90. The van der Waals surface area contributed by atoms with Crippen molar-refractivity contribution in [1.29, 1.82) is 0 Å². The molecule has 4 heteroatoms. The van der Waals surface area contributed by atoms with E-state index in [4.69, 9.17) is 0 Å². The second-order valence-corrected chi connectivity index (χ2v) is 8.02. The minimum Gasteiger partial charge on any atom is -0.371 e. The Bertz CT molecular complexity index is 928. The van der Waals surface area contributed by atoms with Crippen molar-refractivity contribution in [3.8, 4) is 0 Å². The second kappa shape index (κ2) is 11.2. The third-order valence-corrected chi connectivity index (χ3v) is 5.90. The predicted molar refractivity (Wildman–Crippen MR) is 137 cm³/mol. The number of nitrogens with zero attached hydrogens (tertiary/aromatic N) is 4. The monoisotopic (exact) mass is 426 g/mol. The highest BCUT2D eigenvalue weighted by molar-refractivity contribution is 5.58. The number of rotatable bonds is 9. The number of hydrogen-bond acceptors (Lipinski definition) is 3. The summed E-state index contributed by atoms with van der Waals surface area (Å²) in [5, 5.41) is 0. The van der Waals surface area contributed by atoms with Crippen molar-refractivity contribution in [2.45, 2.75) is 5.92 Å². The summed E-state index contributed by atoms with van der Waals surface area (Å²) in [7, 11) is 3.68. The maximum Gasteiger partial charge on any atom is 0.0888 e. The SMILES string of the molecule is C=C(/C=C\C(=C)N1CCN(C(=C)C(c2ccccc2)c2ccccc2)CC1)N(C)/C=N\C. The molecule has 0 aliphatic carbocycles. The fourth-order valence-electron chi connectivity index (χ4n) is 3.99. The summed E-state index contributed by atoms with van der Waals surface area (Å²) in [5.74, 6) is 0.158. The number of aliphatic imine (C=N–C) groups is 1. The van der Waals surface area contributed by atoms with E-state index < -0.39 is 0 Å². The van der Waals surface area contributed by atoms with Crippen molar-refractivity contribution in [3.63, 3.8) is 0 Å². The number of hydrogen-bond donors (Lipinski definition) is 0. The molecule has 1 aliphatic heterocycles. The second-order valence-electron chi connectivity index (χ2n) is 8.02. The summed E-state index contributed by atoms with van der Waals surface area (Å²) in [5.41, 5.74) is 5.57. The molecule has 0 N–H and O–H groups in total. The summed E-state index contributed by atoms with van der Waals surface area (Å²) in [6.45, 7) is 16.5. The molecule has 3 rings (SSSR count). The van der Waals surface area contributed by atoms with Crippen LogP contribution in [0.2, 0.25) is 0 Å². The normalized spacial score (nSPS) is 14.3. The molecular weight excluding hydrogens is 392 g/mol. The van der Waals surface area contributed by atoms with Gasteiger partial charge in [-0.1, -0.05) is 80.4 Å². The molecule has 0 spiro atoms. The zero-order valence-corrected chi connectivity index (χ0v) is 19.3. The highest BCUT2D eigenvalue weighted by Crippen LogP contribution is 2.33. The van der Waals surface area contributed by atoms with Crippen LogP contribution in [0.1, 0.15) is 17.0 Å². The van der Waals surface area contributed by atoms with E-state index in [9.17, 15) is 0 Å². The van der Waals surface area contributed by atoms with Gasteiger partial charge in [-0.2, -0.15) is 0 Å². The van der Waals surface area contributed by atoms with Gasteiger partial charge in [0, 0.05) is 63.3 Å². The van der Waals surface area contributed by atoms with Crippen molar-refractivity contribution in [1.82, 2.24) is 14.7 Å². The summed E-state index contributed by atoms with van der Waals surface area (Å²) in [4.78, 5) is 10.6. The van der Waals surface area contributed by atoms with Crippen LogP contribution >= 0.6 is 0 Å². The van der Waals surface area contributed by atoms with Crippen LogP contribution in [0.5, 0.6) is 0 Å². The number of piperazine rings is 1. The number of likely N-dealkylation sites (N-methyl/N-ethyl adjacent to an activating group) is 1. The van der Waals surface area contributed by atoms with Crippen molar-refractivity contribution < 1.29 is 0 Å². The van der Waals surface area contributed by atoms with Crippen LogP contribution in [-0.2, 0) is 0 Å². The third kappa shape index (κ3) is 5.79. The maximum absolute atomic E-state index is 4.54. The Morgan fingerprint density at radius 3 is 1.84 bits per heavy atom. The highest BCUT2D eigenvalue weighted by Gasteiger charge is 2.25. The first-order valence-electron chi connectivity index (χ1n) is 11.0. The first kappa shape index (κ1) is 23.1. The molecule has 0 aromatic heterocycles. The Morgan fingerprint density at radius 1 is 0.844 bits per heavy atom. The Hall–Kier alpha value is -3.53. The van der Waals surface area contributed by atoms with Crippen LogP contribution in [0.3, 0.4) is 0 Å². The molecule has 2 aromatic carbocycles. The van der Waals surface area contributed by atoms with E-state index in [-0.39, 0.29) is 5.92 Å². The van der Waals surface area contributed by atoms with Gasteiger partial charge in [0.25, 0.3) is 0 Å². The molecule has 0 amide bonds. The molecule has 1 aliphatic rings. The van der Waals surface area contributed by atoms with E-state index in [2.05, 4.69) is 95.2 Å². The van der Waals surface area contributed by atoms with Gasteiger partial charge in [0.2, 0.25) is 0 Å². The first-order valence-corrected chi connectivity index (χ1v) is 11.0. The largest absolute Gasteiger partial charge is 0.371 e. The number of allylic oxidation sites excluding steroid dienone is 3. The lowest BCUT2D eigenvalue weighted by molar-refractivity contribution is 0.191. The van der Waals surface area contributed by atoms with Gasteiger partial charge >= 0.3 is 0 Å². The van der Waals surface area contributed by atoms with Gasteiger partial charge in [0.05, 0.1) is 6.34 Å². The van der Waals surface area contributed by atoms with E-state index in [0.717, 1.165) is 43.3 Å². The van der Waals surface area contributed by atoms with Gasteiger partial charge < -0.3 is 14.7 Å². The van der Waals surface area contributed by atoms with Crippen LogP contribution in [0.25, 0.3) is 0 Å². The van der Waals surface area contributed by atoms with E-state index in [1.54, 1.807) is 13.4 Å². The van der Waals surface area contributed by atoms with Crippen LogP contribution in [0.4, 0.5) is 0 Å². The van der Waals surface area contributed by atoms with Gasteiger partial charge in [-0.25, -0.2) is 0 Å². The van der Waals surface area contributed by atoms with Crippen molar-refractivity contribution in [2.24, 2.45) is 4.99 Å². The molecule has 0 radical (unpaired) electrons. The standard InChI is InChI=1S/C28H34N4/c1-23(30(5)22-29-4)16-17-24(2)31-18-20-32(21-19-31)25(3)28(26-12-8-6-9-13-26)27-14-10-7-11-15-27/h6-17,22,28H,1-3,18-21H2,4-5H3/b17-16-,29-22-. The molecule has 166 valence electrons. The van der Waals surface area contributed by atoms with E-state index in [1.165, 1.54) is 11.1 Å². The van der Waals surface area contributed by atoms with Crippen LogP contribution in [0, 0.1) is 0 Å². The molecular formula is C28H34N4. The molecule has 1 fully saturated rings. The van der Waals surface area contributed by atoms with E-state index in [0.29, 0.717) is 0 Å². The highest BCUT2D eigenvalue weighted by atomic mass is 15.3. The molecule has 0 unspecified atom stereocenters. The zero-order valence-electron chi connectivity index (χ0n) is 19.3. The van der Waals surface area contributed by atoms with E-state index >= 15 is 0 Å². The van der Waals surface area contributed by atoms with E-state index in [1.807, 2.05) is 24.1 Å². The Labute approximate surface area is 193 Å². The topological polar surface area (TPSA) is 22.1 Å². The smallest absolute Gasteiger partial charge is 0.0888 e. The summed E-state index contributed by atoms with van der Waals surface area (Å²) >= 11 is 0. The summed E-state index contributed by atoms with van der Waals surface area (Å²) < 4.78 is 0. The van der Waals surface area contributed by atoms with Crippen molar-refractivity contribution >= 4 is 6.34 Å².